The van der Waals surface area contributed by atoms with Gasteiger partial charge in [0.15, 0.2) is 0 Å². The molecule has 23 heavy (non-hydrogen) atoms. The Kier molecular flexibility index (Phi) is 7.34. The average molecular weight is 318 g/mol. The third-order valence-electron chi connectivity index (χ3n) is 3.81. The van der Waals surface area contributed by atoms with Crippen molar-refractivity contribution in [3.05, 3.63) is 34.9 Å². The van der Waals surface area contributed by atoms with Crippen LogP contribution in [0.5, 0.6) is 11.5 Å². The van der Waals surface area contributed by atoms with Crippen LogP contribution in [0.25, 0.3) is 0 Å². The van der Waals surface area contributed by atoms with Gasteiger partial charge in [0.25, 0.3) is 0 Å². The molecule has 0 heterocycles. The van der Waals surface area contributed by atoms with E-state index < -0.39 is 0 Å². The molecule has 0 aliphatic rings. The third kappa shape index (κ3) is 6.47. The molecule has 1 rings (SSSR count). The Morgan fingerprint density at radius 1 is 1.26 bits per heavy atom. The Balaban J connectivity index is 2.97. The second-order valence-electron chi connectivity index (χ2n) is 7.01. The van der Waals surface area contributed by atoms with Crippen LogP contribution in [-0.4, -0.2) is 11.1 Å². The van der Waals surface area contributed by atoms with Crippen molar-refractivity contribution in [1.82, 2.24) is 0 Å². The SMILES string of the molecule is CC(C)=CCC[C@@H](C)c1cc(O)c(C)cc1OC(=O)CC(C)C. The topological polar surface area (TPSA) is 46.5 Å². The van der Waals surface area contributed by atoms with Crippen LogP contribution in [0.1, 0.15) is 70.9 Å². The van der Waals surface area contributed by atoms with Gasteiger partial charge in [-0.3, -0.25) is 4.79 Å². The summed E-state index contributed by atoms with van der Waals surface area (Å²) in [5.74, 6) is 1.08. The van der Waals surface area contributed by atoms with Gasteiger partial charge < -0.3 is 9.84 Å². The molecule has 0 radical (unpaired) electrons. The van der Waals surface area contributed by atoms with Crippen molar-refractivity contribution in [3.63, 3.8) is 0 Å². The molecule has 0 bridgehead atoms. The van der Waals surface area contributed by atoms with Gasteiger partial charge >= 0.3 is 5.97 Å². The summed E-state index contributed by atoms with van der Waals surface area (Å²) >= 11 is 0. The number of hydrogen-bond donors (Lipinski definition) is 1. The number of carbonyl (C=O) groups is 1. The van der Waals surface area contributed by atoms with E-state index in [1.54, 1.807) is 12.1 Å². The van der Waals surface area contributed by atoms with E-state index in [1.807, 2.05) is 20.8 Å². The lowest BCUT2D eigenvalue weighted by molar-refractivity contribution is -0.135. The molecule has 0 aliphatic carbocycles. The maximum atomic E-state index is 12.0. The van der Waals surface area contributed by atoms with Crippen LogP contribution in [0.4, 0.5) is 0 Å². The zero-order chi connectivity index (χ0) is 17.6. The number of hydrogen-bond acceptors (Lipinski definition) is 3. The summed E-state index contributed by atoms with van der Waals surface area (Å²) in [5.41, 5.74) is 2.91. The second kappa shape index (κ2) is 8.76. The van der Waals surface area contributed by atoms with Gasteiger partial charge in [0.05, 0.1) is 0 Å². The maximum Gasteiger partial charge on any atom is 0.311 e. The summed E-state index contributed by atoms with van der Waals surface area (Å²) in [6, 6.07) is 3.50. The standard InChI is InChI=1S/C20H30O3/c1-13(2)8-7-9-15(5)17-12-18(21)16(6)11-19(17)23-20(22)10-14(3)4/h8,11-12,14-15,21H,7,9-10H2,1-6H3/t15-/m1/s1. The lowest BCUT2D eigenvalue weighted by atomic mass is 9.93. The molecular formula is C20H30O3. The number of aryl methyl sites for hydroxylation is 1. The van der Waals surface area contributed by atoms with Gasteiger partial charge in [0.1, 0.15) is 11.5 Å². The van der Waals surface area contributed by atoms with E-state index in [0.717, 1.165) is 24.0 Å². The van der Waals surface area contributed by atoms with Crippen LogP contribution in [0, 0.1) is 12.8 Å². The summed E-state index contributed by atoms with van der Waals surface area (Å²) in [5, 5.41) is 10.0. The van der Waals surface area contributed by atoms with Gasteiger partial charge in [0.2, 0.25) is 0 Å². The Bertz CT molecular complexity index is 566. The molecule has 3 nitrogen and oxygen atoms in total. The third-order valence-corrected chi connectivity index (χ3v) is 3.81. The van der Waals surface area contributed by atoms with Gasteiger partial charge in [-0.15, -0.1) is 0 Å². The highest BCUT2D eigenvalue weighted by Gasteiger charge is 2.17. The quantitative estimate of drug-likeness (QED) is 0.410. The van der Waals surface area contributed by atoms with E-state index in [1.165, 1.54) is 5.57 Å². The predicted molar refractivity (Wildman–Crippen MR) is 95.0 cm³/mol. The first-order valence-electron chi connectivity index (χ1n) is 8.38. The molecule has 0 aliphatic heterocycles. The Labute approximate surface area is 140 Å². The van der Waals surface area contributed by atoms with Crippen molar-refractivity contribution < 1.29 is 14.6 Å². The lowest BCUT2D eigenvalue weighted by Gasteiger charge is -2.18. The Morgan fingerprint density at radius 3 is 2.48 bits per heavy atom. The van der Waals surface area contributed by atoms with Crippen molar-refractivity contribution in [2.24, 2.45) is 5.92 Å². The summed E-state index contributed by atoms with van der Waals surface area (Å²) < 4.78 is 5.58. The largest absolute Gasteiger partial charge is 0.508 e. The molecular weight excluding hydrogens is 288 g/mol. The molecule has 0 saturated heterocycles. The summed E-state index contributed by atoms with van der Waals surface area (Å²) in [4.78, 5) is 12.0. The summed E-state index contributed by atoms with van der Waals surface area (Å²) in [6.07, 6.45) is 4.51. The normalized spacial score (nSPS) is 12.1. The van der Waals surface area contributed by atoms with Gasteiger partial charge in [0, 0.05) is 12.0 Å². The fraction of sp³-hybridized carbons (Fsp3) is 0.550. The molecule has 0 aromatic heterocycles. The molecule has 1 aromatic rings. The van der Waals surface area contributed by atoms with Crippen molar-refractivity contribution >= 4 is 5.97 Å². The smallest absolute Gasteiger partial charge is 0.311 e. The highest BCUT2D eigenvalue weighted by molar-refractivity contribution is 5.73. The Hall–Kier alpha value is -1.77. The van der Waals surface area contributed by atoms with E-state index in [-0.39, 0.29) is 23.6 Å². The average Bonchev–Trinajstić information content (AvgIpc) is 2.41. The molecule has 1 N–H and O–H groups in total. The molecule has 3 heteroatoms. The molecule has 0 fully saturated rings. The number of phenols is 1. The highest BCUT2D eigenvalue weighted by atomic mass is 16.5. The molecule has 0 amide bonds. The maximum absolute atomic E-state index is 12.0. The van der Waals surface area contributed by atoms with Gasteiger partial charge in [-0.2, -0.15) is 0 Å². The summed E-state index contributed by atoms with van der Waals surface area (Å²) in [6.45, 7) is 12.1. The van der Waals surface area contributed by atoms with Crippen molar-refractivity contribution in [1.29, 1.82) is 0 Å². The number of allylic oxidation sites excluding steroid dienone is 2. The van der Waals surface area contributed by atoms with E-state index in [0.29, 0.717) is 12.2 Å². The van der Waals surface area contributed by atoms with Gasteiger partial charge in [-0.25, -0.2) is 0 Å². The van der Waals surface area contributed by atoms with Crippen LogP contribution in [-0.2, 0) is 4.79 Å². The molecule has 0 unspecified atom stereocenters. The number of benzene rings is 1. The van der Waals surface area contributed by atoms with Crippen LogP contribution in [0.2, 0.25) is 0 Å². The first-order valence-corrected chi connectivity index (χ1v) is 8.38. The fourth-order valence-electron chi connectivity index (χ4n) is 2.43. The number of carbonyl (C=O) groups excluding carboxylic acids is 1. The highest BCUT2D eigenvalue weighted by Crippen LogP contribution is 2.35. The van der Waals surface area contributed by atoms with Crippen molar-refractivity contribution in [2.45, 2.75) is 66.7 Å². The zero-order valence-electron chi connectivity index (χ0n) is 15.3. The van der Waals surface area contributed by atoms with E-state index in [2.05, 4.69) is 26.8 Å². The fourth-order valence-corrected chi connectivity index (χ4v) is 2.43. The number of rotatable bonds is 7. The van der Waals surface area contributed by atoms with Crippen molar-refractivity contribution in [3.8, 4) is 11.5 Å². The lowest BCUT2D eigenvalue weighted by Crippen LogP contribution is -2.12. The number of ether oxygens (including phenoxy) is 1. The number of phenolic OH excluding ortho intramolecular Hbond substituents is 1. The molecule has 0 spiro atoms. The van der Waals surface area contributed by atoms with Crippen molar-refractivity contribution in [2.75, 3.05) is 0 Å². The van der Waals surface area contributed by atoms with Gasteiger partial charge in [-0.05, 0) is 63.1 Å². The second-order valence-corrected chi connectivity index (χ2v) is 7.01. The van der Waals surface area contributed by atoms with Crippen LogP contribution in [0.3, 0.4) is 0 Å². The molecule has 1 atom stereocenters. The van der Waals surface area contributed by atoms with Crippen LogP contribution >= 0.6 is 0 Å². The Morgan fingerprint density at radius 2 is 1.91 bits per heavy atom. The monoisotopic (exact) mass is 318 g/mol. The van der Waals surface area contributed by atoms with Crippen LogP contribution < -0.4 is 4.74 Å². The first-order chi connectivity index (χ1) is 10.7. The minimum Gasteiger partial charge on any atom is -0.508 e. The minimum absolute atomic E-state index is 0.207. The van der Waals surface area contributed by atoms with Crippen LogP contribution in [0.15, 0.2) is 23.8 Å². The van der Waals surface area contributed by atoms with E-state index in [4.69, 9.17) is 4.74 Å². The zero-order valence-corrected chi connectivity index (χ0v) is 15.3. The summed E-state index contributed by atoms with van der Waals surface area (Å²) in [7, 11) is 0. The molecule has 0 saturated carbocycles. The first kappa shape index (κ1) is 19.3. The van der Waals surface area contributed by atoms with E-state index in [9.17, 15) is 9.90 Å². The molecule has 128 valence electrons. The predicted octanol–water partition coefficient (Wildman–Crippen LogP) is 5.50. The van der Waals surface area contributed by atoms with E-state index >= 15 is 0 Å². The number of aromatic hydroxyl groups is 1. The molecule has 1 aromatic carbocycles. The van der Waals surface area contributed by atoms with Gasteiger partial charge in [-0.1, -0.05) is 32.4 Å². The minimum atomic E-state index is -0.220. The number of esters is 1.